The van der Waals surface area contributed by atoms with Crippen LogP contribution < -0.4 is 5.56 Å². The Hall–Kier alpha value is -3.39. The fourth-order valence-electron chi connectivity index (χ4n) is 2.60. The minimum atomic E-state index is -0.624. The maximum absolute atomic E-state index is 12.6. The van der Waals surface area contributed by atoms with Crippen LogP contribution in [0, 0.1) is 6.92 Å². The number of fused-ring (bicyclic) bond motifs is 1. The van der Waals surface area contributed by atoms with Gasteiger partial charge < -0.3 is 9.72 Å². The van der Waals surface area contributed by atoms with Crippen molar-refractivity contribution in [3.63, 3.8) is 0 Å². The maximum Gasteiger partial charge on any atom is 0.358 e. The lowest BCUT2D eigenvalue weighted by molar-refractivity contribution is 0.0455. The van der Waals surface area contributed by atoms with E-state index in [9.17, 15) is 9.59 Å². The van der Waals surface area contributed by atoms with E-state index < -0.39 is 5.97 Å². The van der Waals surface area contributed by atoms with Crippen LogP contribution in [0.4, 0.5) is 0 Å². The number of aromatic nitrogens is 4. The van der Waals surface area contributed by atoms with Crippen LogP contribution in [-0.4, -0.2) is 25.9 Å². The predicted octanol–water partition coefficient (Wildman–Crippen LogP) is 3.11. The van der Waals surface area contributed by atoms with E-state index in [2.05, 4.69) is 19.9 Å². The number of esters is 1. The molecule has 0 saturated heterocycles. The third kappa shape index (κ3) is 3.47. The van der Waals surface area contributed by atoms with E-state index in [1.54, 1.807) is 6.92 Å². The number of carbonyl (C=O) groups excluding carboxylic acids is 1. The zero-order chi connectivity index (χ0) is 18.8. The van der Waals surface area contributed by atoms with Gasteiger partial charge in [0.25, 0.3) is 5.56 Å². The SMILES string of the molecule is Cc1cnc(C(=O)OCc2nc3scc(-c4ccccc4)c3c(=O)[nH]2)cn1. The molecule has 0 radical (unpaired) electrons. The van der Waals surface area contributed by atoms with Crippen LogP contribution in [0.5, 0.6) is 0 Å². The number of benzene rings is 1. The van der Waals surface area contributed by atoms with E-state index in [1.165, 1.54) is 23.7 Å². The van der Waals surface area contributed by atoms with Gasteiger partial charge in [-0.2, -0.15) is 0 Å². The summed E-state index contributed by atoms with van der Waals surface area (Å²) in [5, 5.41) is 2.44. The quantitative estimate of drug-likeness (QED) is 0.548. The van der Waals surface area contributed by atoms with Crippen molar-refractivity contribution in [3.05, 3.63) is 75.7 Å². The molecule has 0 fully saturated rings. The molecule has 0 unspecified atom stereocenters. The van der Waals surface area contributed by atoms with E-state index >= 15 is 0 Å². The first-order valence-electron chi connectivity index (χ1n) is 8.13. The first-order valence-corrected chi connectivity index (χ1v) is 9.01. The smallest absolute Gasteiger partial charge is 0.358 e. The highest BCUT2D eigenvalue weighted by molar-refractivity contribution is 7.17. The summed E-state index contributed by atoms with van der Waals surface area (Å²) in [6.45, 7) is 1.62. The molecule has 4 rings (SSSR count). The second-order valence-corrected chi connectivity index (χ2v) is 6.69. The van der Waals surface area contributed by atoms with Crippen molar-refractivity contribution in [2.75, 3.05) is 0 Å². The summed E-state index contributed by atoms with van der Waals surface area (Å²) < 4.78 is 5.18. The average Bonchev–Trinajstić information content (AvgIpc) is 3.12. The van der Waals surface area contributed by atoms with Crippen molar-refractivity contribution in [3.8, 4) is 11.1 Å². The van der Waals surface area contributed by atoms with Crippen molar-refractivity contribution in [1.29, 1.82) is 0 Å². The second-order valence-electron chi connectivity index (χ2n) is 5.83. The van der Waals surface area contributed by atoms with E-state index in [-0.39, 0.29) is 23.7 Å². The topological polar surface area (TPSA) is 97.8 Å². The lowest BCUT2D eigenvalue weighted by Crippen LogP contribution is -2.14. The normalized spacial score (nSPS) is 10.9. The molecular weight excluding hydrogens is 364 g/mol. The Bertz CT molecular complexity index is 1170. The highest BCUT2D eigenvalue weighted by Crippen LogP contribution is 2.30. The van der Waals surface area contributed by atoms with Crippen molar-refractivity contribution in [2.24, 2.45) is 0 Å². The van der Waals surface area contributed by atoms with Gasteiger partial charge in [0.05, 0.1) is 17.3 Å². The molecule has 0 aliphatic heterocycles. The number of rotatable bonds is 4. The largest absolute Gasteiger partial charge is 0.453 e. The molecule has 134 valence electrons. The van der Waals surface area contributed by atoms with Crippen LogP contribution in [0.1, 0.15) is 22.0 Å². The summed E-state index contributed by atoms with van der Waals surface area (Å²) >= 11 is 1.38. The Kier molecular flexibility index (Phi) is 4.47. The van der Waals surface area contributed by atoms with Crippen molar-refractivity contribution in [2.45, 2.75) is 13.5 Å². The molecule has 1 aromatic carbocycles. The zero-order valence-electron chi connectivity index (χ0n) is 14.3. The lowest BCUT2D eigenvalue weighted by Gasteiger charge is -2.04. The second kappa shape index (κ2) is 7.08. The molecule has 0 aliphatic rings. The van der Waals surface area contributed by atoms with Gasteiger partial charge in [-0.15, -0.1) is 11.3 Å². The van der Waals surface area contributed by atoms with Crippen LogP contribution in [0.3, 0.4) is 0 Å². The fraction of sp³-hybridized carbons (Fsp3) is 0.105. The molecule has 0 aliphatic carbocycles. The Labute approximate surface area is 157 Å². The van der Waals surface area contributed by atoms with Crippen LogP contribution in [0.25, 0.3) is 21.3 Å². The van der Waals surface area contributed by atoms with E-state index in [0.29, 0.717) is 15.9 Å². The van der Waals surface area contributed by atoms with Crippen molar-refractivity contribution in [1.82, 2.24) is 19.9 Å². The average molecular weight is 378 g/mol. The van der Waals surface area contributed by atoms with Crippen LogP contribution >= 0.6 is 11.3 Å². The molecule has 7 nitrogen and oxygen atoms in total. The summed E-state index contributed by atoms with van der Waals surface area (Å²) in [7, 11) is 0. The molecule has 0 spiro atoms. The third-order valence-corrected chi connectivity index (χ3v) is 4.78. The van der Waals surface area contributed by atoms with E-state index in [1.807, 2.05) is 35.7 Å². The molecule has 0 atom stereocenters. The van der Waals surface area contributed by atoms with Crippen LogP contribution in [-0.2, 0) is 11.3 Å². The number of carbonyl (C=O) groups is 1. The van der Waals surface area contributed by atoms with Crippen molar-refractivity contribution >= 4 is 27.5 Å². The van der Waals surface area contributed by atoms with Gasteiger partial charge >= 0.3 is 5.97 Å². The summed E-state index contributed by atoms with van der Waals surface area (Å²) in [6.07, 6.45) is 2.84. The molecule has 3 heterocycles. The number of nitrogens with zero attached hydrogens (tertiary/aromatic N) is 3. The third-order valence-electron chi connectivity index (χ3n) is 3.91. The minimum Gasteiger partial charge on any atom is -0.453 e. The van der Waals surface area contributed by atoms with Gasteiger partial charge in [0.1, 0.15) is 17.3 Å². The summed E-state index contributed by atoms with van der Waals surface area (Å²) in [5.41, 5.74) is 2.33. The summed E-state index contributed by atoms with van der Waals surface area (Å²) in [4.78, 5) is 40.3. The standard InChI is InChI=1S/C19H14N4O3S/c1-11-7-21-14(8-20-11)19(25)26-9-15-22-17(24)16-13(10-27-18(16)23-15)12-5-3-2-4-6-12/h2-8,10H,9H2,1H3,(H,22,23,24). The van der Waals surface area contributed by atoms with Crippen LogP contribution in [0.15, 0.2) is 52.9 Å². The fourth-order valence-corrected chi connectivity index (χ4v) is 3.56. The monoisotopic (exact) mass is 378 g/mol. The minimum absolute atomic E-state index is 0.103. The first-order chi connectivity index (χ1) is 13.1. The van der Waals surface area contributed by atoms with Gasteiger partial charge in [-0.3, -0.25) is 9.78 Å². The molecule has 0 bridgehead atoms. The molecular formula is C19H14N4O3S. The van der Waals surface area contributed by atoms with Gasteiger partial charge in [-0.1, -0.05) is 30.3 Å². The number of nitrogens with one attached hydrogen (secondary N) is 1. The van der Waals surface area contributed by atoms with Crippen molar-refractivity contribution < 1.29 is 9.53 Å². The molecule has 4 aromatic rings. The highest BCUT2D eigenvalue weighted by Gasteiger charge is 2.15. The number of ether oxygens (including phenoxy) is 1. The Morgan fingerprint density at radius 1 is 1.19 bits per heavy atom. The van der Waals surface area contributed by atoms with Gasteiger partial charge in [0.2, 0.25) is 0 Å². The number of aryl methyl sites for hydroxylation is 1. The zero-order valence-corrected chi connectivity index (χ0v) is 15.1. The number of hydrogen-bond acceptors (Lipinski definition) is 7. The van der Waals surface area contributed by atoms with Gasteiger partial charge in [-0.05, 0) is 12.5 Å². The predicted molar refractivity (Wildman–Crippen MR) is 102 cm³/mol. The number of aromatic amines is 1. The molecule has 27 heavy (non-hydrogen) atoms. The Morgan fingerprint density at radius 2 is 2.00 bits per heavy atom. The molecule has 8 heteroatoms. The molecule has 1 N–H and O–H groups in total. The molecule has 3 aromatic heterocycles. The van der Waals surface area contributed by atoms with Gasteiger partial charge in [-0.25, -0.2) is 14.8 Å². The van der Waals surface area contributed by atoms with Gasteiger partial charge in [0, 0.05) is 17.1 Å². The van der Waals surface area contributed by atoms with Gasteiger partial charge in [0.15, 0.2) is 5.69 Å². The maximum atomic E-state index is 12.6. The Morgan fingerprint density at radius 3 is 2.74 bits per heavy atom. The summed E-state index contributed by atoms with van der Waals surface area (Å²) in [5.74, 6) is -0.344. The highest BCUT2D eigenvalue weighted by atomic mass is 32.1. The molecule has 0 amide bonds. The number of H-pyrrole nitrogens is 1. The van der Waals surface area contributed by atoms with Crippen LogP contribution in [0.2, 0.25) is 0 Å². The molecule has 0 saturated carbocycles. The number of hydrogen-bond donors (Lipinski definition) is 1. The summed E-state index contributed by atoms with van der Waals surface area (Å²) in [6, 6.07) is 9.65. The van der Waals surface area contributed by atoms with E-state index in [0.717, 1.165) is 11.1 Å². The number of thiophene rings is 1. The first kappa shape index (κ1) is 17.0. The lowest BCUT2D eigenvalue weighted by atomic mass is 10.1. The Balaban J connectivity index is 1.58. The van der Waals surface area contributed by atoms with E-state index in [4.69, 9.17) is 4.74 Å².